The van der Waals surface area contributed by atoms with Crippen LogP contribution in [0.4, 0.5) is 17.1 Å². The summed E-state index contributed by atoms with van der Waals surface area (Å²) in [7, 11) is 0. The molecule has 57 heavy (non-hydrogen) atoms. The quantitative estimate of drug-likeness (QED) is 0.139. The van der Waals surface area contributed by atoms with Crippen LogP contribution >= 0.6 is 35.0 Å². The number of amidine groups is 1. The molecule has 4 aliphatic rings. The van der Waals surface area contributed by atoms with Crippen LogP contribution in [0.2, 0.25) is 10.0 Å². The highest BCUT2D eigenvalue weighted by atomic mass is 35.5. The number of nitrogens with one attached hydrogen (secondary N) is 1. The standard InChI is InChI=1S/C23H27Cl2N3O2.C21H25N3O2S/c24-19-4-3-5-21(23(19)25)28-13-11-27(12-14-28)10-1-2-15-30-18-8-6-17-7-9-22(29)26-20(17)16-18;25-14-16-26-15-13-23-9-11-24(12-10-23)21-17-5-1-3-7-19(17)27-20-8-4-2-6-18(20)22-21/h3-6,8,16H,1-2,7,9-15H2,(H,26,29);1-8,25H,9-16H2. The second kappa shape index (κ2) is 20.7. The fraction of sp³-hybridized carbons (Fsp3) is 0.409. The van der Waals surface area contributed by atoms with Gasteiger partial charge >= 0.3 is 0 Å². The first-order valence-electron chi connectivity index (χ1n) is 20.0. The predicted octanol–water partition coefficient (Wildman–Crippen LogP) is 7.72. The Kier molecular flexibility index (Phi) is 15.1. The number of aliphatic imine (C=N–C) groups is 1. The minimum Gasteiger partial charge on any atom is -0.494 e. The molecule has 0 spiro atoms. The van der Waals surface area contributed by atoms with Gasteiger partial charge in [0, 0.05) is 92.4 Å². The third kappa shape index (κ3) is 11.2. The summed E-state index contributed by atoms with van der Waals surface area (Å²) >= 11 is 14.3. The van der Waals surface area contributed by atoms with E-state index >= 15 is 0 Å². The van der Waals surface area contributed by atoms with E-state index in [2.05, 4.69) is 79.5 Å². The molecule has 4 aromatic carbocycles. The van der Waals surface area contributed by atoms with Gasteiger partial charge < -0.3 is 29.7 Å². The lowest BCUT2D eigenvalue weighted by molar-refractivity contribution is -0.116. The van der Waals surface area contributed by atoms with Gasteiger partial charge in [-0.05, 0) is 67.8 Å². The lowest BCUT2D eigenvalue weighted by Crippen LogP contribution is -2.49. The van der Waals surface area contributed by atoms with Crippen molar-refractivity contribution < 1.29 is 19.4 Å². The van der Waals surface area contributed by atoms with Crippen LogP contribution in [0.3, 0.4) is 0 Å². The highest BCUT2D eigenvalue weighted by Crippen LogP contribution is 2.40. The van der Waals surface area contributed by atoms with Gasteiger partial charge in [-0.2, -0.15) is 0 Å². The molecule has 4 aromatic rings. The van der Waals surface area contributed by atoms with E-state index in [-0.39, 0.29) is 12.5 Å². The molecule has 2 fully saturated rings. The van der Waals surface area contributed by atoms with E-state index in [1.807, 2.05) is 30.3 Å². The summed E-state index contributed by atoms with van der Waals surface area (Å²) in [4.78, 5) is 28.7. The van der Waals surface area contributed by atoms with Crippen molar-refractivity contribution in [1.29, 1.82) is 0 Å². The molecule has 10 nitrogen and oxygen atoms in total. The molecule has 4 aliphatic heterocycles. The number of fused-ring (bicyclic) bond motifs is 3. The summed E-state index contributed by atoms with van der Waals surface area (Å²) in [5.41, 5.74) is 5.37. The molecule has 4 heterocycles. The Morgan fingerprint density at radius 1 is 0.737 bits per heavy atom. The Morgan fingerprint density at radius 2 is 1.47 bits per heavy atom. The average molecular weight is 832 g/mol. The van der Waals surface area contributed by atoms with Gasteiger partial charge in [-0.3, -0.25) is 14.6 Å². The molecule has 0 aromatic heterocycles. The number of hydrogen-bond acceptors (Lipinski definition) is 10. The van der Waals surface area contributed by atoms with Crippen LogP contribution in [-0.4, -0.2) is 123 Å². The van der Waals surface area contributed by atoms with Crippen molar-refractivity contribution in [3.05, 3.63) is 106 Å². The Labute approximate surface area is 350 Å². The fourth-order valence-corrected chi connectivity index (χ4v) is 8.90. The molecule has 8 rings (SSSR count). The largest absolute Gasteiger partial charge is 0.494 e. The zero-order chi connectivity index (χ0) is 39.4. The number of halogens is 2. The van der Waals surface area contributed by atoms with Crippen molar-refractivity contribution in [2.24, 2.45) is 4.99 Å². The van der Waals surface area contributed by atoms with Crippen LogP contribution in [0.25, 0.3) is 0 Å². The van der Waals surface area contributed by atoms with E-state index < -0.39 is 0 Å². The Bertz CT molecular complexity index is 1990. The number of aryl methyl sites for hydroxylation is 1. The molecule has 302 valence electrons. The van der Waals surface area contributed by atoms with E-state index in [1.54, 1.807) is 11.8 Å². The molecule has 0 atom stereocenters. The number of anilines is 2. The number of hydrogen-bond donors (Lipinski definition) is 2. The number of rotatable bonds is 12. The molecule has 0 bridgehead atoms. The number of aliphatic hydroxyl groups is 1. The Hall–Kier alpha value is -3.81. The first-order chi connectivity index (χ1) is 27.9. The second-order valence-electron chi connectivity index (χ2n) is 14.5. The van der Waals surface area contributed by atoms with Gasteiger partial charge in [-0.25, -0.2) is 4.99 Å². The van der Waals surface area contributed by atoms with Crippen LogP contribution in [0.15, 0.2) is 99.7 Å². The Balaban J connectivity index is 0.000000175. The number of ether oxygens (including phenoxy) is 2. The molecule has 2 saturated heterocycles. The molecule has 0 radical (unpaired) electrons. The molecule has 0 unspecified atom stereocenters. The summed E-state index contributed by atoms with van der Waals surface area (Å²) in [6.07, 6.45) is 3.47. The summed E-state index contributed by atoms with van der Waals surface area (Å²) in [5, 5.41) is 13.0. The van der Waals surface area contributed by atoms with E-state index in [0.717, 1.165) is 113 Å². The lowest BCUT2D eigenvalue weighted by atomic mass is 10.0. The third-order valence-electron chi connectivity index (χ3n) is 10.7. The van der Waals surface area contributed by atoms with E-state index in [9.17, 15) is 4.79 Å². The first-order valence-corrected chi connectivity index (χ1v) is 21.6. The molecule has 2 N–H and O–H groups in total. The monoisotopic (exact) mass is 830 g/mol. The number of aliphatic hydroxyl groups excluding tert-OH is 1. The van der Waals surface area contributed by atoms with Crippen molar-refractivity contribution in [2.75, 3.05) is 102 Å². The van der Waals surface area contributed by atoms with E-state index in [1.165, 1.54) is 20.9 Å². The van der Waals surface area contributed by atoms with Crippen molar-refractivity contribution in [3.63, 3.8) is 0 Å². The predicted molar refractivity (Wildman–Crippen MR) is 232 cm³/mol. The SMILES string of the molecule is O=C1CCc2ccc(OCCCCN3CCN(c4cccc(Cl)c4Cl)CC3)cc2N1.OCCOCCN1CCN(C2=Nc3ccccc3Sc3ccccc32)CC1. The van der Waals surface area contributed by atoms with E-state index in [4.69, 9.17) is 42.8 Å². The third-order valence-corrected chi connectivity index (χ3v) is 12.6. The normalized spacial score (nSPS) is 17.0. The minimum absolute atomic E-state index is 0.0809. The number of benzene rings is 4. The zero-order valence-corrected chi connectivity index (χ0v) is 34.7. The number of unbranched alkanes of at least 4 members (excludes halogenated alkanes) is 1. The van der Waals surface area contributed by atoms with Crippen LogP contribution in [0, 0.1) is 0 Å². The van der Waals surface area contributed by atoms with Crippen molar-refractivity contribution in [1.82, 2.24) is 14.7 Å². The van der Waals surface area contributed by atoms with Crippen LogP contribution in [0.5, 0.6) is 5.75 Å². The minimum atomic E-state index is 0.0809. The maximum absolute atomic E-state index is 11.5. The summed E-state index contributed by atoms with van der Waals surface area (Å²) in [6.45, 7) is 11.7. The maximum atomic E-state index is 11.5. The smallest absolute Gasteiger partial charge is 0.224 e. The van der Waals surface area contributed by atoms with Crippen molar-refractivity contribution in [3.8, 4) is 5.75 Å². The highest BCUT2D eigenvalue weighted by molar-refractivity contribution is 7.99. The van der Waals surface area contributed by atoms with Crippen molar-refractivity contribution >= 4 is 63.8 Å². The number of piperazine rings is 2. The molecular formula is C44H52Cl2N6O4S. The van der Waals surface area contributed by atoms with Crippen molar-refractivity contribution in [2.45, 2.75) is 35.5 Å². The van der Waals surface area contributed by atoms with Gasteiger partial charge in [0.05, 0.1) is 47.8 Å². The van der Waals surface area contributed by atoms with Gasteiger partial charge in [0.25, 0.3) is 0 Å². The number of carbonyl (C=O) groups is 1. The number of carbonyl (C=O) groups excluding carboxylic acids is 1. The summed E-state index contributed by atoms with van der Waals surface area (Å²) < 4.78 is 11.3. The lowest BCUT2D eigenvalue weighted by Gasteiger charge is -2.36. The molecule has 0 aliphatic carbocycles. The van der Waals surface area contributed by atoms with Crippen LogP contribution < -0.4 is 15.0 Å². The molecular weight excluding hydrogens is 779 g/mol. The maximum Gasteiger partial charge on any atom is 0.224 e. The molecule has 13 heteroatoms. The van der Waals surface area contributed by atoms with Gasteiger partial charge in [0.15, 0.2) is 0 Å². The van der Waals surface area contributed by atoms with Gasteiger partial charge in [-0.1, -0.05) is 77.4 Å². The van der Waals surface area contributed by atoms with Gasteiger partial charge in [0.2, 0.25) is 5.91 Å². The topological polar surface area (TPSA) is 93.1 Å². The second-order valence-corrected chi connectivity index (χ2v) is 16.4. The van der Waals surface area contributed by atoms with Crippen LogP contribution in [0.1, 0.15) is 30.4 Å². The van der Waals surface area contributed by atoms with Crippen LogP contribution in [-0.2, 0) is 16.0 Å². The van der Waals surface area contributed by atoms with Gasteiger partial charge in [0.1, 0.15) is 11.6 Å². The number of amides is 1. The zero-order valence-electron chi connectivity index (χ0n) is 32.4. The Morgan fingerprint density at radius 3 is 2.28 bits per heavy atom. The van der Waals surface area contributed by atoms with Gasteiger partial charge in [-0.15, -0.1) is 0 Å². The average Bonchev–Trinajstić information content (AvgIpc) is 3.41. The van der Waals surface area contributed by atoms with E-state index in [0.29, 0.717) is 36.3 Å². The number of para-hydroxylation sites is 1. The first kappa shape index (κ1) is 41.4. The number of nitrogens with zero attached hydrogens (tertiary/aromatic N) is 5. The molecule has 1 amide bonds. The fourth-order valence-electron chi connectivity index (χ4n) is 7.47. The summed E-state index contributed by atoms with van der Waals surface area (Å²) in [6, 6.07) is 28.7. The molecule has 0 saturated carbocycles. The summed E-state index contributed by atoms with van der Waals surface area (Å²) in [5.74, 6) is 1.99. The highest BCUT2D eigenvalue weighted by Gasteiger charge is 2.25.